The quantitative estimate of drug-likeness (QED) is 0.422. The molecule has 1 aromatic rings. The first-order chi connectivity index (χ1) is 14.7. The van der Waals surface area contributed by atoms with Crippen molar-refractivity contribution >= 4 is 27.9 Å². The summed E-state index contributed by atoms with van der Waals surface area (Å²) in [7, 11) is -4.10. The second-order valence-corrected chi connectivity index (χ2v) is 10.5. The van der Waals surface area contributed by atoms with Crippen molar-refractivity contribution in [1.82, 2.24) is 10.0 Å². The fourth-order valence-corrected chi connectivity index (χ4v) is 4.04. The average Bonchev–Trinajstić information content (AvgIpc) is 2.67. The van der Waals surface area contributed by atoms with Gasteiger partial charge in [-0.25, -0.2) is 13.2 Å². The van der Waals surface area contributed by atoms with Gasteiger partial charge >= 0.3 is 11.9 Å². The van der Waals surface area contributed by atoms with Crippen LogP contribution in [-0.4, -0.2) is 49.1 Å². The topological polar surface area (TPSA) is 139 Å². The van der Waals surface area contributed by atoms with Crippen molar-refractivity contribution in [1.29, 1.82) is 0 Å². The molecule has 32 heavy (non-hydrogen) atoms. The lowest BCUT2D eigenvalue weighted by molar-refractivity contribution is -0.155. The molecule has 1 amide bonds. The smallest absolute Gasteiger partial charge is 0.326 e. The molecule has 0 saturated carbocycles. The van der Waals surface area contributed by atoms with Crippen LogP contribution in [0.1, 0.15) is 59.4 Å². The molecule has 0 aliphatic carbocycles. The molecule has 3 atom stereocenters. The van der Waals surface area contributed by atoms with E-state index in [4.69, 9.17) is 4.74 Å². The molecular weight excluding hydrogens is 436 g/mol. The number of carbonyl (C=O) groups is 3. The first-order valence-corrected chi connectivity index (χ1v) is 12.0. The van der Waals surface area contributed by atoms with Gasteiger partial charge in [-0.1, -0.05) is 38.0 Å². The summed E-state index contributed by atoms with van der Waals surface area (Å²) in [4.78, 5) is 36.5. The van der Waals surface area contributed by atoms with Crippen LogP contribution < -0.4 is 10.0 Å². The number of nitrogens with one attached hydrogen (secondary N) is 2. The van der Waals surface area contributed by atoms with E-state index in [1.165, 1.54) is 12.1 Å². The SMILES string of the molecule is CCC(C)[C@@H](NC(=O)[C@H](CCC(=O)OC(C)(C)C)NS(=O)(=O)c1ccc(C)cc1)C(=O)O. The maximum atomic E-state index is 12.9. The Bertz CT molecular complexity index is 905. The van der Waals surface area contributed by atoms with Crippen molar-refractivity contribution < 1.29 is 32.6 Å². The number of hydrogen-bond donors (Lipinski definition) is 3. The van der Waals surface area contributed by atoms with Crippen LogP contribution in [0.3, 0.4) is 0 Å². The molecule has 180 valence electrons. The Labute approximate surface area is 190 Å². The highest BCUT2D eigenvalue weighted by Crippen LogP contribution is 2.15. The van der Waals surface area contributed by atoms with E-state index in [1.807, 2.05) is 6.92 Å². The molecule has 1 unspecified atom stereocenters. The third kappa shape index (κ3) is 8.96. The summed E-state index contributed by atoms with van der Waals surface area (Å²) >= 11 is 0. The summed E-state index contributed by atoms with van der Waals surface area (Å²) < 4.78 is 33.2. The van der Waals surface area contributed by atoms with Crippen LogP contribution in [0.4, 0.5) is 0 Å². The second kappa shape index (κ2) is 11.4. The first-order valence-electron chi connectivity index (χ1n) is 10.5. The van der Waals surface area contributed by atoms with Gasteiger partial charge in [0.1, 0.15) is 17.7 Å². The number of carboxylic acids is 1. The maximum absolute atomic E-state index is 12.9. The minimum Gasteiger partial charge on any atom is -0.480 e. The zero-order valence-corrected chi connectivity index (χ0v) is 20.3. The van der Waals surface area contributed by atoms with E-state index in [9.17, 15) is 27.9 Å². The van der Waals surface area contributed by atoms with Gasteiger partial charge in [-0.05, 0) is 52.2 Å². The molecule has 9 nitrogen and oxygen atoms in total. The molecular formula is C22H34N2O7S. The number of aryl methyl sites for hydroxylation is 1. The zero-order valence-electron chi connectivity index (χ0n) is 19.5. The van der Waals surface area contributed by atoms with Crippen LogP contribution in [0.15, 0.2) is 29.2 Å². The Morgan fingerprint density at radius 3 is 2.16 bits per heavy atom. The van der Waals surface area contributed by atoms with Crippen LogP contribution in [0.5, 0.6) is 0 Å². The summed E-state index contributed by atoms with van der Waals surface area (Å²) in [5.41, 5.74) is 0.127. The number of carboxylic acid groups (broad SMARTS) is 1. The molecule has 1 rings (SSSR count). The van der Waals surface area contributed by atoms with Crippen LogP contribution in [-0.2, 0) is 29.1 Å². The predicted molar refractivity (Wildman–Crippen MR) is 119 cm³/mol. The van der Waals surface area contributed by atoms with Gasteiger partial charge in [0, 0.05) is 6.42 Å². The number of esters is 1. The van der Waals surface area contributed by atoms with Crippen LogP contribution in [0, 0.1) is 12.8 Å². The fraction of sp³-hybridized carbons (Fsp3) is 0.591. The van der Waals surface area contributed by atoms with Crippen molar-refractivity contribution in [2.24, 2.45) is 5.92 Å². The molecule has 10 heteroatoms. The van der Waals surface area contributed by atoms with Gasteiger partial charge in [-0.3, -0.25) is 9.59 Å². The highest BCUT2D eigenvalue weighted by molar-refractivity contribution is 7.89. The van der Waals surface area contributed by atoms with Gasteiger partial charge in [0.05, 0.1) is 4.90 Å². The van der Waals surface area contributed by atoms with Gasteiger partial charge in [0.15, 0.2) is 0 Å². The van der Waals surface area contributed by atoms with Gasteiger partial charge in [0.2, 0.25) is 15.9 Å². The molecule has 3 N–H and O–H groups in total. The molecule has 0 spiro atoms. The number of benzene rings is 1. The maximum Gasteiger partial charge on any atom is 0.326 e. The second-order valence-electron chi connectivity index (χ2n) is 8.82. The van der Waals surface area contributed by atoms with Crippen LogP contribution in [0.2, 0.25) is 0 Å². The van der Waals surface area contributed by atoms with Crippen molar-refractivity contribution in [3.8, 4) is 0 Å². The highest BCUT2D eigenvalue weighted by Gasteiger charge is 2.32. The molecule has 0 aliphatic rings. The molecule has 0 aliphatic heterocycles. The minimum atomic E-state index is -4.10. The fourth-order valence-electron chi connectivity index (χ4n) is 2.81. The Morgan fingerprint density at radius 2 is 1.69 bits per heavy atom. The lowest BCUT2D eigenvalue weighted by Gasteiger charge is -2.25. The van der Waals surface area contributed by atoms with Crippen molar-refractivity contribution in [3.63, 3.8) is 0 Å². The number of carbonyl (C=O) groups excluding carboxylic acids is 2. The van der Waals surface area contributed by atoms with Crippen molar-refractivity contribution in [3.05, 3.63) is 29.8 Å². The number of hydrogen-bond acceptors (Lipinski definition) is 6. The summed E-state index contributed by atoms with van der Waals surface area (Å²) in [6.45, 7) is 10.3. The van der Waals surface area contributed by atoms with Gasteiger partial charge in [-0.2, -0.15) is 4.72 Å². The monoisotopic (exact) mass is 470 g/mol. The van der Waals surface area contributed by atoms with Gasteiger partial charge in [-0.15, -0.1) is 0 Å². The van der Waals surface area contributed by atoms with Gasteiger partial charge in [0.25, 0.3) is 0 Å². The third-order valence-corrected chi connectivity index (χ3v) is 6.27. The van der Waals surface area contributed by atoms with E-state index in [-0.39, 0.29) is 23.7 Å². The van der Waals surface area contributed by atoms with E-state index >= 15 is 0 Å². The van der Waals surface area contributed by atoms with Crippen LogP contribution >= 0.6 is 0 Å². The van der Waals surface area contributed by atoms with Gasteiger partial charge < -0.3 is 15.2 Å². The third-order valence-electron chi connectivity index (χ3n) is 4.78. The highest BCUT2D eigenvalue weighted by atomic mass is 32.2. The predicted octanol–water partition coefficient (Wildman–Crippen LogP) is 2.38. The molecule has 0 saturated heterocycles. The molecule has 0 fully saturated rings. The standard InChI is InChI=1S/C22H34N2O7S/c1-7-15(3)19(21(27)28)23-20(26)17(12-13-18(25)31-22(4,5)6)24-32(29,30)16-10-8-14(2)9-11-16/h8-11,15,17,19,24H,7,12-13H2,1-6H3,(H,23,26)(H,27,28)/t15?,17-,19+/m0/s1. The number of amides is 1. The van der Waals surface area contributed by atoms with Crippen molar-refractivity contribution in [2.45, 2.75) is 83.4 Å². The average molecular weight is 471 g/mol. The Kier molecular flexibility index (Phi) is 9.84. The molecule has 0 bridgehead atoms. The number of aliphatic carboxylic acids is 1. The van der Waals surface area contributed by atoms with E-state index < -0.39 is 45.6 Å². The molecule has 0 aromatic heterocycles. The Hall–Kier alpha value is -2.46. The summed E-state index contributed by atoms with van der Waals surface area (Å²) in [5, 5.41) is 11.9. The summed E-state index contributed by atoms with van der Waals surface area (Å²) in [5.74, 6) is -3.02. The minimum absolute atomic E-state index is 0.0464. The normalized spacial score (nSPS) is 14.8. The molecule has 0 radical (unpaired) electrons. The van der Waals surface area contributed by atoms with Crippen molar-refractivity contribution in [2.75, 3.05) is 0 Å². The first kappa shape index (κ1) is 27.6. The number of sulfonamides is 1. The summed E-state index contributed by atoms with van der Waals surface area (Å²) in [6.07, 6.45) is 0.0699. The van der Waals surface area contributed by atoms with E-state index in [0.717, 1.165) is 5.56 Å². The van der Waals surface area contributed by atoms with E-state index in [2.05, 4.69) is 10.0 Å². The van der Waals surface area contributed by atoms with E-state index in [1.54, 1.807) is 46.8 Å². The lowest BCUT2D eigenvalue weighted by atomic mass is 9.98. The van der Waals surface area contributed by atoms with Crippen LogP contribution in [0.25, 0.3) is 0 Å². The molecule has 1 aromatic carbocycles. The Balaban J connectivity index is 3.11. The Morgan fingerprint density at radius 1 is 1.12 bits per heavy atom. The lowest BCUT2D eigenvalue weighted by Crippen LogP contribution is -2.53. The number of rotatable bonds is 11. The zero-order chi connectivity index (χ0) is 24.7. The largest absolute Gasteiger partial charge is 0.480 e. The summed E-state index contributed by atoms with van der Waals surface area (Å²) in [6, 6.07) is 3.49. The number of ether oxygens (including phenoxy) is 1. The molecule has 0 heterocycles. The van der Waals surface area contributed by atoms with E-state index in [0.29, 0.717) is 6.42 Å².